The number of carbonyl (C=O) groups is 1. The summed E-state index contributed by atoms with van der Waals surface area (Å²) in [6, 6.07) is 9.60. The van der Waals surface area contributed by atoms with Crippen LogP contribution in [0.2, 0.25) is 5.02 Å². The van der Waals surface area contributed by atoms with E-state index in [9.17, 15) is 13.2 Å². The summed E-state index contributed by atoms with van der Waals surface area (Å²) in [5.74, 6) is -0.639. The van der Waals surface area contributed by atoms with Crippen LogP contribution in [0.5, 0.6) is 0 Å². The van der Waals surface area contributed by atoms with Gasteiger partial charge in [0.2, 0.25) is 5.91 Å². The van der Waals surface area contributed by atoms with Crippen LogP contribution >= 0.6 is 34.3 Å². The second-order valence-corrected chi connectivity index (χ2v) is 10.7. The van der Waals surface area contributed by atoms with Gasteiger partial charge in [-0.25, -0.2) is 13.4 Å². The fraction of sp³-hybridized carbons (Fsp3) is 0.176. The first-order valence-corrected chi connectivity index (χ1v) is 11.1. The van der Waals surface area contributed by atoms with Crippen molar-refractivity contribution < 1.29 is 13.2 Å². The first-order valence-electron chi connectivity index (χ1n) is 7.53. The lowest BCUT2D eigenvalue weighted by Gasteiger charge is -2.23. The summed E-state index contributed by atoms with van der Waals surface area (Å²) < 4.78 is 24.1. The lowest BCUT2D eigenvalue weighted by Crippen LogP contribution is -2.44. The summed E-state index contributed by atoms with van der Waals surface area (Å²) in [6.07, 6.45) is 0. The number of halogens is 1. The standard InChI is InChI=1S/C17H15ClN2O3S3/c1-17(2,26(22,23)12-7-5-11(18)6-8-12)15(21)20-16-19-13(10-25-16)14-4-3-9-24-14/h3-10H,1-2H3,(H,19,20,21). The van der Waals surface area contributed by atoms with Crippen molar-refractivity contribution in [1.29, 1.82) is 0 Å². The molecule has 136 valence electrons. The van der Waals surface area contributed by atoms with Crippen LogP contribution in [0.25, 0.3) is 10.6 Å². The zero-order valence-corrected chi connectivity index (χ0v) is 17.1. The van der Waals surface area contributed by atoms with Crippen molar-refractivity contribution in [2.75, 3.05) is 5.32 Å². The molecule has 1 aromatic carbocycles. The lowest BCUT2D eigenvalue weighted by atomic mass is 10.2. The Balaban J connectivity index is 1.83. The number of amides is 1. The molecule has 0 aliphatic heterocycles. The molecule has 26 heavy (non-hydrogen) atoms. The van der Waals surface area contributed by atoms with E-state index in [-0.39, 0.29) is 4.90 Å². The minimum atomic E-state index is -3.90. The maximum absolute atomic E-state index is 12.9. The second-order valence-electron chi connectivity index (χ2n) is 5.94. The maximum atomic E-state index is 12.9. The normalized spacial score (nSPS) is 12.1. The minimum Gasteiger partial charge on any atom is -0.301 e. The summed E-state index contributed by atoms with van der Waals surface area (Å²) in [5.41, 5.74) is 0.749. The van der Waals surface area contributed by atoms with Gasteiger partial charge >= 0.3 is 0 Å². The number of benzene rings is 1. The van der Waals surface area contributed by atoms with Crippen molar-refractivity contribution in [2.24, 2.45) is 0 Å². The zero-order chi connectivity index (χ0) is 18.9. The molecule has 0 aliphatic carbocycles. The van der Waals surface area contributed by atoms with Crippen LogP contribution in [-0.2, 0) is 14.6 Å². The number of carbonyl (C=O) groups excluding carboxylic acids is 1. The third-order valence-corrected chi connectivity index (χ3v) is 8.16. The first-order chi connectivity index (χ1) is 12.2. The van der Waals surface area contributed by atoms with Crippen molar-refractivity contribution in [3.05, 3.63) is 52.2 Å². The molecule has 0 saturated heterocycles. The topological polar surface area (TPSA) is 76.1 Å². The van der Waals surface area contributed by atoms with Gasteiger partial charge in [0, 0.05) is 10.4 Å². The van der Waals surface area contributed by atoms with Gasteiger partial charge in [-0.1, -0.05) is 17.7 Å². The number of thiophene rings is 1. The van der Waals surface area contributed by atoms with Crippen LogP contribution < -0.4 is 5.32 Å². The van der Waals surface area contributed by atoms with Gasteiger partial charge in [-0.15, -0.1) is 22.7 Å². The molecule has 9 heteroatoms. The van der Waals surface area contributed by atoms with Crippen LogP contribution in [-0.4, -0.2) is 24.1 Å². The van der Waals surface area contributed by atoms with E-state index >= 15 is 0 Å². The summed E-state index contributed by atoms with van der Waals surface area (Å²) in [5, 5.41) is 7.17. The molecular weight excluding hydrogens is 412 g/mol. The molecule has 0 saturated carbocycles. The molecule has 1 amide bonds. The summed E-state index contributed by atoms with van der Waals surface area (Å²) in [4.78, 5) is 18.1. The van der Waals surface area contributed by atoms with Crippen molar-refractivity contribution >= 4 is 55.2 Å². The van der Waals surface area contributed by atoms with E-state index in [1.807, 2.05) is 22.9 Å². The number of anilines is 1. The number of aromatic nitrogens is 1. The quantitative estimate of drug-likeness (QED) is 0.640. The summed E-state index contributed by atoms with van der Waals surface area (Å²) in [7, 11) is -3.90. The highest BCUT2D eigenvalue weighted by Gasteiger charge is 2.43. The fourth-order valence-electron chi connectivity index (χ4n) is 2.15. The lowest BCUT2D eigenvalue weighted by molar-refractivity contribution is -0.117. The van der Waals surface area contributed by atoms with Crippen molar-refractivity contribution in [3.63, 3.8) is 0 Å². The Morgan fingerprint density at radius 3 is 2.46 bits per heavy atom. The van der Waals surface area contributed by atoms with Gasteiger partial charge < -0.3 is 5.32 Å². The smallest absolute Gasteiger partial charge is 0.247 e. The molecule has 0 bridgehead atoms. The molecular formula is C17H15ClN2O3S3. The molecule has 0 unspecified atom stereocenters. The average molecular weight is 427 g/mol. The highest BCUT2D eigenvalue weighted by atomic mass is 35.5. The summed E-state index contributed by atoms with van der Waals surface area (Å²) >= 11 is 8.60. The Bertz CT molecular complexity index is 1020. The molecule has 0 atom stereocenters. The number of nitrogens with one attached hydrogen (secondary N) is 1. The molecule has 3 aromatic rings. The van der Waals surface area contributed by atoms with Gasteiger partial charge in [-0.05, 0) is 49.6 Å². The highest BCUT2D eigenvalue weighted by molar-refractivity contribution is 7.93. The molecule has 2 heterocycles. The monoisotopic (exact) mass is 426 g/mol. The largest absolute Gasteiger partial charge is 0.301 e. The van der Waals surface area contributed by atoms with Crippen molar-refractivity contribution in [3.8, 4) is 10.6 Å². The Labute approximate surface area is 164 Å². The van der Waals surface area contributed by atoms with E-state index in [1.165, 1.54) is 49.4 Å². The predicted octanol–water partition coefficient (Wildman–Crippen LogP) is 4.72. The number of thiazole rings is 1. The highest BCUT2D eigenvalue weighted by Crippen LogP contribution is 2.31. The van der Waals surface area contributed by atoms with Crippen molar-refractivity contribution in [2.45, 2.75) is 23.5 Å². The van der Waals surface area contributed by atoms with E-state index in [1.54, 1.807) is 11.3 Å². The van der Waals surface area contributed by atoms with E-state index < -0.39 is 20.5 Å². The summed E-state index contributed by atoms with van der Waals surface area (Å²) in [6.45, 7) is 2.75. The van der Waals surface area contributed by atoms with Gasteiger partial charge in [0.1, 0.15) is 4.75 Å². The van der Waals surface area contributed by atoms with E-state index in [0.717, 1.165) is 10.6 Å². The third kappa shape index (κ3) is 3.55. The SMILES string of the molecule is CC(C)(C(=O)Nc1nc(-c2cccs2)cs1)S(=O)(=O)c1ccc(Cl)cc1. The Hall–Kier alpha value is -1.74. The van der Waals surface area contributed by atoms with Crippen LogP contribution in [0, 0.1) is 0 Å². The fourth-order valence-corrected chi connectivity index (χ4v) is 5.12. The Kier molecular flexibility index (Phi) is 5.21. The molecule has 2 aromatic heterocycles. The average Bonchev–Trinajstić information content (AvgIpc) is 3.26. The van der Waals surface area contributed by atoms with Crippen LogP contribution in [0.15, 0.2) is 52.1 Å². The first kappa shape index (κ1) is 19.0. The Morgan fingerprint density at radius 2 is 1.85 bits per heavy atom. The molecule has 0 aliphatic rings. The van der Waals surface area contributed by atoms with Crippen LogP contribution in [0.1, 0.15) is 13.8 Å². The number of hydrogen-bond acceptors (Lipinski definition) is 6. The van der Waals surface area contributed by atoms with E-state index in [4.69, 9.17) is 11.6 Å². The molecule has 5 nitrogen and oxygen atoms in total. The zero-order valence-electron chi connectivity index (χ0n) is 13.9. The molecule has 3 rings (SSSR count). The van der Waals surface area contributed by atoms with Crippen LogP contribution in [0.4, 0.5) is 5.13 Å². The van der Waals surface area contributed by atoms with Crippen LogP contribution in [0.3, 0.4) is 0 Å². The minimum absolute atomic E-state index is 0.0421. The molecule has 1 N–H and O–H groups in total. The van der Waals surface area contributed by atoms with Crippen molar-refractivity contribution in [1.82, 2.24) is 4.98 Å². The molecule has 0 radical (unpaired) electrons. The number of sulfone groups is 1. The van der Waals surface area contributed by atoms with Gasteiger partial charge in [0.15, 0.2) is 15.0 Å². The third-order valence-electron chi connectivity index (χ3n) is 3.84. The second kappa shape index (κ2) is 7.11. The number of nitrogens with zero attached hydrogens (tertiary/aromatic N) is 1. The van der Waals surface area contributed by atoms with Gasteiger partial charge in [-0.2, -0.15) is 0 Å². The molecule has 0 spiro atoms. The maximum Gasteiger partial charge on any atom is 0.247 e. The van der Waals surface area contributed by atoms with E-state index in [2.05, 4.69) is 10.3 Å². The number of rotatable bonds is 5. The van der Waals surface area contributed by atoms with Gasteiger partial charge in [0.25, 0.3) is 0 Å². The predicted molar refractivity (Wildman–Crippen MR) is 107 cm³/mol. The molecule has 0 fully saturated rings. The van der Waals surface area contributed by atoms with Gasteiger partial charge in [0.05, 0.1) is 15.5 Å². The number of hydrogen-bond donors (Lipinski definition) is 1. The van der Waals surface area contributed by atoms with Gasteiger partial charge in [-0.3, -0.25) is 4.79 Å². The Morgan fingerprint density at radius 1 is 1.15 bits per heavy atom. The van der Waals surface area contributed by atoms with E-state index in [0.29, 0.717) is 10.2 Å².